The second-order valence-corrected chi connectivity index (χ2v) is 12.0. The normalized spacial score (nSPS) is 16.1. The van der Waals surface area contributed by atoms with Crippen molar-refractivity contribution in [2.24, 2.45) is 5.41 Å². The van der Waals surface area contributed by atoms with Crippen LogP contribution in [0.25, 0.3) is 0 Å². The summed E-state index contributed by atoms with van der Waals surface area (Å²) in [6.45, 7) is 20.7. The summed E-state index contributed by atoms with van der Waals surface area (Å²) in [5, 5.41) is 37.0. The van der Waals surface area contributed by atoms with Gasteiger partial charge >= 0.3 is 0 Å². The second-order valence-electron chi connectivity index (χ2n) is 12.0. The van der Waals surface area contributed by atoms with Crippen LogP contribution in [0.15, 0.2) is 0 Å². The molecule has 0 bridgehead atoms. The van der Waals surface area contributed by atoms with Crippen LogP contribution in [0.1, 0.15) is 101 Å². The van der Waals surface area contributed by atoms with Crippen molar-refractivity contribution in [2.75, 3.05) is 13.2 Å². The highest BCUT2D eigenvalue weighted by Crippen LogP contribution is 2.25. The molecule has 202 valence electrons. The Labute approximate surface area is 207 Å². The third-order valence-corrected chi connectivity index (χ3v) is 6.84. The number of Topliss-reactive ketones (excluding diaryl/α,β-unsaturated/α-hetero) is 1. The molecule has 0 spiro atoms. The molecule has 8 heteroatoms. The molecule has 0 aromatic rings. The number of carbonyl (C=O) groups excluding carboxylic acids is 2. The van der Waals surface area contributed by atoms with E-state index >= 15 is 0 Å². The molecular formula is C26H52N2O6. The molecule has 0 saturated heterocycles. The van der Waals surface area contributed by atoms with E-state index in [0.29, 0.717) is 19.4 Å². The fourth-order valence-electron chi connectivity index (χ4n) is 3.22. The van der Waals surface area contributed by atoms with Crippen molar-refractivity contribution in [3.63, 3.8) is 0 Å². The van der Waals surface area contributed by atoms with Gasteiger partial charge in [-0.15, -0.1) is 0 Å². The second kappa shape index (κ2) is 13.3. The summed E-state index contributed by atoms with van der Waals surface area (Å²) in [6.07, 6.45) is -2.54. The Hall–Kier alpha value is -1.06. The van der Waals surface area contributed by atoms with Crippen molar-refractivity contribution in [3.8, 4) is 0 Å². The average molecular weight is 489 g/mol. The first-order chi connectivity index (χ1) is 15.3. The van der Waals surface area contributed by atoms with Crippen molar-refractivity contribution in [3.05, 3.63) is 0 Å². The Morgan fingerprint density at radius 2 is 1.41 bits per heavy atom. The van der Waals surface area contributed by atoms with Crippen LogP contribution in [0.5, 0.6) is 0 Å². The number of ketones is 1. The summed E-state index contributed by atoms with van der Waals surface area (Å²) in [6, 6.07) is 0. The number of hydrogen-bond acceptors (Lipinski definition) is 7. The van der Waals surface area contributed by atoms with Crippen LogP contribution in [-0.4, -0.2) is 75.2 Å². The highest BCUT2D eigenvalue weighted by Gasteiger charge is 2.38. The van der Waals surface area contributed by atoms with E-state index in [9.17, 15) is 24.9 Å². The van der Waals surface area contributed by atoms with E-state index in [2.05, 4.69) is 31.4 Å². The molecule has 0 fully saturated rings. The first-order valence-corrected chi connectivity index (χ1v) is 12.6. The molecule has 1 amide bonds. The van der Waals surface area contributed by atoms with Crippen LogP contribution in [0.3, 0.4) is 0 Å². The van der Waals surface area contributed by atoms with Crippen molar-refractivity contribution < 1.29 is 29.6 Å². The van der Waals surface area contributed by atoms with Crippen molar-refractivity contribution >= 4 is 11.7 Å². The van der Waals surface area contributed by atoms with Gasteiger partial charge in [0.2, 0.25) is 5.91 Å². The van der Waals surface area contributed by atoms with Crippen LogP contribution in [0.4, 0.5) is 0 Å². The minimum Gasteiger partial charge on any atom is -0.390 e. The number of rotatable bonds is 17. The molecule has 5 N–H and O–H groups in total. The lowest BCUT2D eigenvalue weighted by Gasteiger charge is -2.32. The van der Waals surface area contributed by atoms with E-state index in [1.165, 1.54) is 0 Å². The van der Waals surface area contributed by atoms with Gasteiger partial charge in [-0.1, -0.05) is 27.7 Å². The Morgan fingerprint density at radius 1 is 0.853 bits per heavy atom. The molecule has 3 atom stereocenters. The van der Waals surface area contributed by atoms with E-state index < -0.39 is 47.4 Å². The molecule has 0 saturated carbocycles. The van der Waals surface area contributed by atoms with Crippen molar-refractivity contribution in [1.29, 1.82) is 0 Å². The van der Waals surface area contributed by atoms with Gasteiger partial charge in [-0.2, -0.15) is 0 Å². The monoisotopic (exact) mass is 488 g/mol. The van der Waals surface area contributed by atoms with Gasteiger partial charge in [0.15, 0.2) is 5.78 Å². The topological polar surface area (TPSA) is 128 Å². The van der Waals surface area contributed by atoms with Crippen LogP contribution >= 0.6 is 0 Å². The van der Waals surface area contributed by atoms with E-state index in [1.807, 2.05) is 27.7 Å². The van der Waals surface area contributed by atoms with Crippen LogP contribution in [0.2, 0.25) is 0 Å². The summed E-state index contributed by atoms with van der Waals surface area (Å²) in [4.78, 5) is 24.8. The molecular weight excluding hydrogens is 436 g/mol. The number of carbonyl (C=O) groups is 2. The number of hydrogen-bond donors (Lipinski definition) is 5. The SMILES string of the molecule is CCC(C)(C)NCCC(C)(C)OCCC(C)(C)NC(=O)C[C@H](O)[C@H](O)[C@@H](O)C(=O)C(C)(C)CC. The molecule has 0 aliphatic rings. The van der Waals surface area contributed by atoms with Crippen molar-refractivity contribution in [1.82, 2.24) is 10.6 Å². The molecule has 0 aliphatic heterocycles. The zero-order valence-corrected chi connectivity index (χ0v) is 23.2. The molecule has 34 heavy (non-hydrogen) atoms. The average Bonchev–Trinajstić information content (AvgIpc) is 2.70. The number of ether oxygens (including phenoxy) is 1. The van der Waals surface area contributed by atoms with Gasteiger partial charge in [0, 0.05) is 23.1 Å². The number of aliphatic hydroxyl groups is 3. The highest BCUT2D eigenvalue weighted by atomic mass is 16.5. The lowest BCUT2D eigenvalue weighted by Crippen LogP contribution is -2.50. The maximum absolute atomic E-state index is 12.4. The number of aliphatic hydroxyl groups excluding tert-OH is 3. The predicted molar refractivity (Wildman–Crippen MR) is 136 cm³/mol. The first-order valence-electron chi connectivity index (χ1n) is 12.6. The van der Waals surface area contributed by atoms with Gasteiger partial charge in [0.05, 0.1) is 18.1 Å². The third kappa shape index (κ3) is 12.1. The molecule has 0 unspecified atom stereocenters. The molecule has 0 rings (SSSR count). The fourth-order valence-corrected chi connectivity index (χ4v) is 3.22. The van der Waals surface area contributed by atoms with Gasteiger partial charge in [-0.05, 0) is 73.8 Å². The maximum Gasteiger partial charge on any atom is 0.223 e. The zero-order chi connectivity index (χ0) is 27.0. The minimum absolute atomic E-state index is 0.0933. The smallest absolute Gasteiger partial charge is 0.223 e. The fraction of sp³-hybridized carbons (Fsp3) is 0.923. The maximum atomic E-state index is 12.4. The third-order valence-electron chi connectivity index (χ3n) is 6.84. The largest absolute Gasteiger partial charge is 0.390 e. The Balaban J connectivity index is 4.61. The first kappa shape index (κ1) is 32.9. The van der Waals surface area contributed by atoms with E-state index in [1.54, 1.807) is 20.8 Å². The van der Waals surface area contributed by atoms with Gasteiger partial charge < -0.3 is 30.7 Å². The lowest BCUT2D eigenvalue weighted by atomic mass is 9.80. The Morgan fingerprint density at radius 3 is 1.91 bits per heavy atom. The lowest BCUT2D eigenvalue weighted by molar-refractivity contribution is -0.149. The molecule has 0 heterocycles. The van der Waals surface area contributed by atoms with Gasteiger partial charge in [0.1, 0.15) is 12.2 Å². The molecule has 0 aromatic carbocycles. The van der Waals surface area contributed by atoms with Crippen LogP contribution in [-0.2, 0) is 14.3 Å². The van der Waals surface area contributed by atoms with Crippen LogP contribution < -0.4 is 10.6 Å². The Kier molecular flexibility index (Phi) is 12.9. The summed E-state index contributed by atoms with van der Waals surface area (Å²) >= 11 is 0. The summed E-state index contributed by atoms with van der Waals surface area (Å²) < 4.78 is 6.06. The summed E-state index contributed by atoms with van der Waals surface area (Å²) in [7, 11) is 0. The van der Waals surface area contributed by atoms with Gasteiger partial charge in [0.25, 0.3) is 0 Å². The molecule has 8 nitrogen and oxygen atoms in total. The van der Waals surface area contributed by atoms with E-state index in [4.69, 9.17) is 4.74 Å². The molecule has 0 aromatic heterocycles. The molecule has 0 radical (unpaired) electrons. The summed E-state index contributed by atoms with van der Waals surface area (Å²) in [5.74, 6) is -1.04. The molecule has 0 aliphatic carbocycles. The number of nitrogens with one attached hydrogen (secondary N) is 2. The number of amides is 1. The van der Waals surface area contributed by atoms with E-state index in [0.717, 1.165) is 19.4 Å². The Bertz CT molecular complexity index is 645. The van der Waals surface area contributed by atoms with Gasteiger partial charge in [-0.3, -0.25) is 9.59 Å². The quantitative estimate of drug-likeness (QED) is 0.213. The standard InChI is InChI=1S/C26H52N2O6/c1-11-23(3,4)22(33)21(32)20(31)18(29)17-19(30)28-25(7,8)14-16-34-26(9,10)13-15-27-24(5,6)12-2/h18,20-21,27,29,31-32H,11-17H2,1-10H3,(H,28,30)/t18-,20-,21+/m0/s1. The van der Waals surface area contributed by atoms with Crippen LogP contribution in [0, 0.1) is 5.41 Å². The predicted octanol–water partition coefficient (Wildman–Crippen LogP) is 2.71. The zero-order valence-electron chi connectivity index (χ0n) is 23.2. The van der Waals surface area contributed by atoms with Gasteiger partial charge in [-0.25, -0.2) is 0 Å². The minimum atomic E-state index is -1.75. The van der Waals surface area contributed by atoms with Crippen molar-refractivity contribution in [2.45, 2.75) is 136 Å². The highest BCUT2D eigenvalue weighted by molar-refractivity contribution is 5.88. The summed E-state index contributed by atoms with van der Waals surface area (Å²) in [5.41, 5.74) is -1.65. The van der Waals surface area contributed by atoms with E-state index in [-0.39, 0.29) is 11.1 Å².